The minimum Gasteiger partial charge on any atom is -0.381 e. The molecule has 1 fully saturated rings. The zero-order valence-electron chi connectivity index (χ0n) is 12.1. The van der Waals surface area contributed by atoms with Gasteiger partial charge in [0.25, 0.3) is 0 Å². The van der Waals surface area contributed by atoms with Gasteiger partial charge in [0.15, 0.2) is 0 Å². The summed E-state index contributed by atoms with van der Waals surface area (Å²) in [6.07, 6.45) is 1.09. The standard InChI is InChI=1S/C15H18N4O2S/c16-15(6-8-21-9-7-15)14(20)17-10-12-18-19-13(22-12)11-4-2-1-3-5-11/h1-5H,6-10,16H2,(H,17,20). The van der Waals surface area contributed by atoms with Gasteiger partial charge in [0.2, 0.25) is 5.91 Å². The first-order valence-electron chi connectivity index (χ1n) is 7.20. The summed E-state index contributed by atoms with van der Waals surface area (Å²) in [6, 6.07) is 9.85. The predicted octanol–water partition coefficient (Wildman–Crippen LogP) is 1.33. The first-order valence-corrected chi connectivity index (χ1v) is 8.02. The Balaban J connectivity index is 1.60. The van der Waals surface area contributed by atoms with Gasteiger partial charge in [0.05, 0.1) is 12.1 Å². The van der Waals surface area contributed by atoms with Crippen LogP contribution in [0.3, 0.4) is 0 Å². The molecule has 0 saturated carbocycles. The number of carbonyl (C=O) groups is 1. The molecule has 0 aliphatic carbocycles. The molecule has 6 nitrogen and oxygen atoms in total. The number of nitrogens with one attached hydrogen (secondary N) is 1. The summed E-state index contributed by atoms with van der Waals surface area (Å²) in [5.74, 6) is -0.146. The van der Waals surface area contributed by atoms with E-state index in [2.05, 4.69) is 15.5 Å². The molecule has 116 valence electrons. The van der Waals surface area contributed by atoms with E-state index in [9.17, 15) is 4.79 Å². The Hall–Kier alpha value is -1.83. The van der Waals surface area contributed by atoms with Crippen LogP contribution >= 0.6 is 11.3 Å². The summed E-state index contributed by atoms with van der Waals surface area (Å²) in [6.45, 7) is 1.41. The maximum Gasteiger partial charge on any atom is 0.240 e. The molecule has 22 heavy (non-hydrogen) atoms. The lowest BCUT2D eigenvalue weighted by atomic mass is 9.90. The molecule has 0 spiro atoms. The molecule has 3 N–H and O–H groups in total. The predicted molar refractivity (Wildman–Crippen MR) is 84.2 cm³/mol. The number of hydrogen-bond donors (Lipinski definition) is 2. The van der Waals surface area contributed by atoms with Gasteiger partial charge in [0.1, 0.15) is 10.0 Å². The average molecular weight is 318 g/mol. The van der Waals surface area contributed by atoms with Crippen molar-refractivity contribution in [2.45, 2.75) is 24.9 Å². The number of rotatable bonds is 4. The first-order chi connectivity index (χ1) is 10.7. The van der Waals surface area contributed by atoms with Crippen LogP contribution in [0.15, 0.2) is 30.3 Å². The van der Waals surface area contributed by atoms with Gasteiger partial charge in [0, 0.05) is 18.8 Å². The highest BCUT2D eigenvalue weighted by atomic mass is 32.1. The van der Waals surface area contributed by atoms with E-state index in [0.717, 1.165) is 15.6 Å². The number of nitrogens with two attached hydrogens (primary N) is 1. The summed E-state index contributed by atoms with van der Waals surface area (Å²) >= 11 is 1.47. The van der Waals surface area contributed by atoms with E-state index in [1.807, 2.05) is 30.3 Å². The number of hydrogen-bond acceptors (Lipinski definition) is 6. The van der Waals surface area contributed by atoms with Crippen molar-refractivity contribution < 1.29 is 9.53 Å². The van der Waals surface area contributed by atoms with Crippen LogP contribution < -0.4 is 11.1 Å². The zero-order chi connectivity index (χ0) is 15.4. The fourth-order valence-corrected chi connectivity index (χ4v) is 3.10. The second-order valence-electron chi connectivity index (χ2n) is 5.32. The maximum absolute atomic E-state index is 12.2. The monoisotopic (exact) mass is 318 g/mol. The van der Waals surface area contributed by atoms with Crippen LogP contribution in [0.1, 0.15) is 17.8 Å². The number of amides is 1. The highest BCUT2D eigenvalue weighted by Crippen LogP contribution is 2.23. The van der Waals surface area contributed by atoms with E-state index in [1.54, 1.807) is 0 Å². The molecule has 0 bridgehead atoms. The van der Waals surface area contributed by atoms with Crippen molar-refractivity contribution in [2.75, 3.05) is 13.2 Å². The second-order valence-corrected chi connectivity index (χ2v) is 6.38. The quantitative estimate of drug-likeness (QED) is 0.887. The third kappa shape index (κ3) is 3.32. The zero-order valence-corrected chi connectivity index (χ0v) is 12.9. The van der Waals surface area contributed by atoms with Crippen molar-refractivity contribution in [3.63, 3.8) is 0 Å². The van der Waals surface area contributed by atoms with Gasteiger partial charge in [-0.25, -0.2) is 0 Å². The van der Waals surface area contributed by atoms with E-state index in [0.29, 0.717) is 32.6 Å². The normalized spacial score (nSPS) is 17.1. The third-order valence-corrected chi connectivity index (χ3v) is 4.70. The van der Waals surface area contributed by atoms with Crippen LogP contribution in [0.2, 0.25) is 0 Å². The van der Waals surface area contributed by atoms with Crippen molar-refractivity contribution in [3.05, 3.63) is 35.3 Å². The third-order valence-electron chi connectivity index (χ3n) is 3.72. The van der Waals surface area contributed by atoms with Gasteiger partial charge in [-0.3, -0.25) is 4.79 Å². The van der Waals surface area contributed by atoms with Crippen molar-refractivity contribution in [1.82, 2.24) is 15.5 Å². The minimum absolute atomic E-state index is 0.146. The summed E-state index contributed by atoms with van der Waals surface area (Å²) in [5.41, 5.74) is 6.34. The van der Waals surface area contributed by atoms with E-state index < -0.39 is 5.54 Å². The molecule has 1 amide bonds. The van der Waals surface area contributed by atoms with Gasteiger partial charge in [-0.2, -0.15) is 0 Å². The molecule has 1 saturated heterocycles. The maximum atomic E-state index is 12.2. The molecule has 3 rings (SSSR count). The van der Waals surface area contributed by atoms with Crippen LogP contribution in [0.25, 0.3) is 10.6 Å². The Morgan fingerprint density at radius 1 is 1.27 bits per heavy atom. The number of carbonyl (C=O) groups excluding carboxylic acids is 1. The van der Waals surface area contributed by atoms with E-state index >= 15 is 0 Å². The number of nitrogens with zero attached hydrogens (tertiary/aromatic N) is 2. The van der Waals surface area contributed by atoms with E-state index in [1.165, 1.54) is 11.3 Å². The Labute approximate surface area is 132 Å². The number of aromatic nitrogens is 2. The molecule has 0 atom stereocenters. The van der Waals surface area contributed by atoms with Crippen LogP contribution in [0.5, 0.6) is 0 Å². The van der Waals surface area contributed by atoms with E-state index in [4.69, 9.17) is 10.5 Å². The molecule has 7 heteroatoms. The highest BCUT2D eigenvalue weighted by Gasteiger charge is 2.35. The molecule has 1 aromatic carbocycles. The van der Waals surface area contributed by atoms with Gasteiger partial charge in [-0.15, -0.1) is 10.2 Å². The molecular formula is C15H18N4O2S. The lowest BCUT2D eigenvalue weighted by molar-refractivity contribution is -0.129. The summed E-state index contributed by atoms with van der Waals surface area (Å²) in [4.78, 5) is 12.2. The fraction of sp³-hybridized carbons (Fsp3) is 0.400. The SMILES string of the molecule is NC1(C(=O)NCc2nnc(-c3ccccc3)s2)CCOCC1. The Morgan fingerprint density at radius 3 is 2.73 bits per heavy atom. The summed E-state index contributed by atoms with van der Waals surface area (Å²) in [5, 5.41) is 12.8. The molecule has 2 aromatic rings. The topological polar surface area (TPSA) is 90.1 Å². The van der Waals surface area contributed by atoms with E-state index in [-0.39, 0.29) is 5.91 Å². The van der Waals surface area contributed by atoms with Crippen LogP contribution in [0.4, 0.5) is 0 Å². The second kappa shape index (κ2) is 6.51. The Kier molecular flexibility index (Phi) is 4.47. The smallest absolute Gasteiger partial charge is 0.240 e. The van der Waals surface area contributed by atoms with Crippen LogP contribution in [0, 0.1) is 0 Å². The lowest BCUT2D eigenvalue weighted by Gasteiger charge is -2.31. The molecule has 1 aliphatic heterocycles. The largest absolute Gasteiger partial charge is 0.381 e. The molecule has 2 heterocycles. The molecular weight excluding hydrogens is 300 g/mol. The summed E-state index contributed by atoms with van der Waals surface area (Å²) < 4.78 is 5.25. The minimum atomic E-state index is -0.828. The molecule has 0 unspecified atom stereocenters. The Bertz CT molecular complexity index is 638. The first kappa shape index (κ1) is 15.1. The van der Waals surface area contributed by atoms with Crippen molar-refractivity contribution in [2.24, 2.45) is 5.73 Å². The average Bonchev–Trinajstić information content (AvgIpc) is 3.03. The van der Waals surface area contributed by atoms with Crippen molar-refractivity contribution in [3.8, 4) is 10.6 Å². The van der Waals surface area contributed by atoms with Crippen molar-refractivity contribution >= 4 is 17.2 Å². The molecule has 1 aromatic heterocycles. The highest BCUT2D eigenvalue weighted by molar-refractivity contribution is 7.14. The van der Waals surface area contributed by atoms with Gasteiger partial charge in [-0.1, -0.05) is 41.7 Å². The van der Waals surface area contributed by atoms with Crippen LogP contribution in [-0.4, -0.2) is 34.9 Å². The van der Waals surface area contributed by atoms with Crippen LogP contribution in [-0.2, 0) is 16.1 Å². The number of benzene rings is 1. The molecule has 0 radical (unpaired) electrons. The van der Waals surface area contributed by atoms with Crippen molar-refractivity contribution in [1.29, 1.82) is 0 Å². The Morgan fingerprint density at radius 2 is 2.00 bits per heavy atom. The molecule has 1 aliphatic rings. The van der Waals surface area contributed by atoms with Gasteiger partial charge in [-0.05, 0) is 12.8 Å². The van der Waals surface area contributed by atoms with Gasteiger partial charge < -0.3 is 15.8 Å². The fourth-order valence-electron chi connectivity index (χ4n) is 2.32. The van der Waals surface area contributed by atoms with Gasteiger partial charge >= 0.3 is 0 Å². The lowest BCUT2D eigenvalue weighted by Crippen LogP contribution is -2.56. The number of ether oxygens (including phenoxy) is 1. The summed E-state index contributed by atoms with van der Waals surface area (Å²) in [7, 11) is 0.